The van der Waals surface area contributed by atoms with Crippen LogP contribution in [0.3, 0.4) is 0 Å². The number of halogens is 1. The molecule has 0 bridgehead atoms. The Morgan fingerprint density at radius 3 is 2.40 bits per heavy atom. The Hall–Kier alpha value is 0.296. The number of hydrogen-bond donors (Lipinski definition) is 0. The standard InChI is InChI=1S/C6H7O2.ClH.Mg/c1-5(7)6-3-2-4-8-6;;/h2-5H,1H3;1H;/q-1;;+2/p-1. The van der Waals surface area contributed by atoms with E-state index in [9.17, 15) is 5.11 Å². The molecule has 1 aromatic heterocycles. The summed E-state index contributed by atoms with van der Waals surface area (Å²) in [6.45, 7) is 1.55. The van der Waals surface area contributed by atoms with Crippen molar-refractivity contribution in [3.63, 3.8) is 0 Å². The molecule has 1 rings (SSSR count). The van der Waals surface area contributed by atoms with Crippen LogP contribution >= 0.6 is 0 Å². The van der Waals surface area contributed by atoms with Crippen molar-refractivity contribution in [2.24, 2.45) is 0 Å². The van der Waals surface area contributed by atoms with E-state index in [0.717, 1.165) is 0 Å². The summed E-state index contributed by atoms with van der Waals surface area (Å²) in [6.07, 6.45) is 0.772. The van der Waals surface area contributed by atoms with Crippen LogP contribution in [-0.2, 0) is 0 Å². The third-order valence-corrected chi connectivity index (χ3v) is 0.944. The van der Waals surface area contributed by atoms with Crippen LogP contribution < -0.4 is 17.5 Å². The van der Waals surface area contributed by atoms with E-state index in [2.05, 4.69) is 0 Å². The molecular formula is C6H7ClMgO2. The maximum Gasteiger partial charge on any atom is 2.00 e. The predicted octanol–water partition coefficient (Wildman–Crippen LogP) is -2.68. The molecule has 1 heterocycles. The minimum absolute atomic E-state index is 0. The number of rotatable bonds is 1. The zero-order valence-corrected chi connectivity index (χ0v) is 7.88. The Balaban J connectivity index is 0. The molecule has 0 aliphatic rings. The molecule has 1 aromatic rings. The largest absolute Gasteiger partial charge is 2.00 e. The van der Waals surface area contributed by atoms with Crippen LogP contribution in [0.15, 0.2) is 22.8 Å². The normalized spacial score (nSPS) is 11.0. The Bertz CT molecular complexity index is 151. The van der Waals surface area contributed by atoms with Crippen LogP contribution in [0, 0.1) is 0 Å². The minimum atomic E-state index is -0.731. The van der Waals surface area contributed by atoms with Gasteiger partial charge in [-0.25, -0.2) is 0 Å². The average Bonchev–Trinajstić information content (AvgIpc) is 2.12. The van der Waals surface area contributed by atoms with E-state index in [-0.39, 0.29) is 35.5 Å². The summed E-state index contributed by atoms with van der Waals surface area (Å²) in [6, 6.07) is 3.39. The van der Waals surface area contributed by atoms with Crippen molar-refractivity contribution in [2.75, 3.05) is 0 Å². The summed E-state index contributed by atoms with van der Waals surface area (Å²) >= 11 is 0. The van der Waals surface area contributed by atoms with E-state index >= 15 is 0 Å². The predicted molar refractivity (Wildman–Crippen MR) is 32.9 cm³/mol. The molecule has 10 heavy (non-hydrogen) atoms. The molecule has 0 N–H and O–H groups in total. The Labute approximate surface area is 82.2 Å². The van der Waals surface area contributed by atoms with Gasteiger partial charge in [-0.05, 0) is 12.1 Å². The van der Waals surface area contributed by atoms with Gasteiger partial charge in [0.1, 0.15) is 0 Å². The second-order valence-corrected chi connectivity index (χ2v) is 1.66. The molecule has 0 saturated carbocycles. The van der Waals surface area contributed by atoms with Crippen LogP contribution in [0.1, 0.15) is 18.8 Å². The van der Waals surface area contributed by atoms with Crippen LogP contribution in [0.2, 0.25) is 0 Å². The first kappa shape index (κ1) is 12.9. The van der Waals surface area contributed by atoms with Crippen molar-refractivity contribution in [1.82, 2.24) is 0 Å². The molecule has 0 amide bonds. The number of furan rings is 1. The smallest absolute Gasteiger partial charge is 1.00 e. The topological polar surface area (TPSA) is 36.2 Å². The van der Waals surface area contributed by atoms with Crippen molar-refractivity contribution in [3.8, 4) is 0 Å². The first-order valence-corrected chi connectivity index (χ1v) is 2.50. The van der Waals surface area contributed by atoms with Gasteiger partial charge >= 0.3 is 23.1 Å². The van der Waals surface area contributed by atoms with Crippen LogP contribution in [-0.4, -0.2) is 23.1 Å². The van der Waals surface area contributed by atoms with Gasteiger partial charge in [-0.2, -0.15) is 0 Å². The molecule has 0 saturated heterocycles. The first-order chi connectivity index (χ1) is 3.80. The molecule has 0 aliphatic heterocycles. The van der Waals surface area contributed by atoms with Crippen molar-refractivity contribution in [3.05, 3.63) is 24.2 Å². The summed E-state index contributed by atoms with van der Waals surface area (Å²) in [5.41, 5.74) is 0. The molecule has 1 atom stereocenters. The summed E-state index contributed by atoms with van der Waals surface area (Å²) in [7, 11) is 0. The van der Waals surface area contributed by atoms with E-state index in [1.54, 1.807) is 19.1 Å². The van der Waals surface area contributed by atoms with Gasteiger partial charge in [0, 0.05) is 0 Å². The maximum atomic E-state index is 10.5. The van der Waals surface area contributed by atoms with E-state index in [1.165, 1.54) is 6.26 Å². The summed E-state index contributed by atoms with van der Waals surface area (Å²) in [5, 5.41) is 10.5. The quantitative estimate of drug-likeness (QED) is 0.432. The second-order valence-electron chi connectivity index (χ2n) is 1.66. The fraction of sp³-hybridized carbons (Fsp3) is 0.333. The SMILES string of the molecule is CC([O-])c1ccco1.[Cl-].[Mg+2]. The van der Waals surface area contributed by atoms with Crippen LogP contribution in [0.4, 0.5) is 0 Å². The van der Waals surface area contributed by atoms with E-state index in [0.29, 0.717) is 5.76 Å². The second kappa shape index (κ2) is 6.04. The Morgan fingerprint density at radius 2 is 2.20 bits per heavy atom. The molecule has 0 aromatic carbocycles. The molecule has 4 heteroatoms. The van der Waals surface area contributed by atoms with Crippen molar-refractivity contribution in [1.29, 1.82) is 0 Å². The van der Waals surface area contributed by atoms with E-state index < -0.39 is 6.10 Å². The Kier molecular flexibility index (Phi) is 7.80. The summed E-state index contributed by atoms with van der Waals surface area (Å²) in [4.78, 5) is 0. The fourth-order valence-corrected chi connectivity index (χ4v) is 0.523. The zero-order chi connectivity index (χ0) is 5.98. The van der Waals surface area contributed by atoms with Crippen LogP contribution in [0.5, 0.6) is 0 Å². The molecule has 1 unspecified atom stereocenters. The van der Waals surface area contributed by atoms with Crippen molar-refractivity contribution in [2.45, 2.75) is 13.0 Å². The van der Waals surface area contributed by atoms with Gasteiger partial charge in [0.25, 0.3) is 0 Å². The van der Waals surface area contributed by atoms with Gasteiger partial charge in [-0.15, -0.1) is 0 Å². The third-order valence-electron chi connectivity index (χ3n) is 0.944. The van der Waals surface area contributed by atoms with Gasteiger partial charge in [-0.1, -0.05) is 13.0 Å². The third kappa shape index (κ3) is 3.46. The fourth-order valence-electron chi connectivity index (χ4n) is 0.523. The molecule has 2 nitrogen and oxygen atoms in total. The van der Waals surface area contributed by atoms with Gasteiger partial charge in [0.2, 0.25) is 0 Å². The molecular weight excluding hydrogens is 164 g/mol. The maximum absolute atomic E-state index is 10.5. The summed E-state index contributed by atoms with van der Waals surface area (Å²) < 4.78 is 4.78. The van der Waals surface area contributed by atoms with Gasteiger partial charge in [0.15, 0.2) is 0 Å². The summed E-state index contributed by atoms with van der Waals surface area (Å²) in [5.74, 6) is 0.505. The number of hydrogen-bond acceptors (Lipinski definition) is 2. The molecule has 0 aliphatic carbocycles. The van der Waals surface area contributed by atoms with Gasteiger partial charge < -0.3 is 21.9 Å². The zero-order valence-electron chi connectivity index (χ0n) is 5.71. The molecule has 0 radical (unpaired) electrons. The molecule has 0 fully saturated rings. The molecule has 0 spiro atoms. The van der Waals surface area contributed by atoms with E-state index in [4.69, 9.17) is 4.42 Å². The van der Waals surface area contributed by atoms with Gasteiger partial charge in [-0.3, -0.25) is 0 Å². The van der Waals surface area contributed by atoms with E-state index in [1.807, 2.05) is 0 Å². The average molecular weight is 171 g/mol. The molecule has 52 valence electrons. The Morgan fingerprint density at radius 1 is 1.60 bits per heavy atom. The monoisotopic (exact) mass is 170 g/mol. The van der Waals surface area contributed by atoms with Crippen molar-refractivity contribution < 1.29 is 21.9 Å². The van der Waals surface area contributed by atoms with Crippen molar-refractivity contribution >= 4 is 23.1 Å². The minimum Gasteiger partial charge on any atom is -1.00 e. The van der Waals surface area contributed by atoms with Crippen LogP contribution in [0.25, 0.3) is 0 Å². The van der Waals surface area contributed by atoms with Gasteiger partial charge in [0.05, 0.1) is 12.0 Å². The first-order valence-electron chi connectivity index (χ1n) is 2.50.